The van der Waals surface area contributed by atoms with Crippen LogP contribution in [0, 0.1) is 11.3 Å². The average molecular weight is 277 g/mol. The van der Waals surface area contributed by atoms with E-state index in [1.54, 1.807) is 11.1 Å². The zero-order chi connectivity index (χ0) is 14.4. The number of pyridine rings is 1. The van der Waals surface area contributed by atoms with E-state index in [0.717, 1.165) is 22.4 Å². The molecule has 3 heterocycles. The summed E-state index contributed by atoms with van der Waals surface area (Å²) in [7, 11) is 0. The van der Waals surface area contributed by atoms with Crippen LogP contribution in [0.1, 0.15) is 5.56 Å². The molecule has 0 saturated carbocycles. The number of benzene rings is 1. The Balaban J connectivity index is 1.76. The van der Waals surface area contributed by atoms with Crippen LogP contribution in [0.2, 0.25) is 0 Å². The number of carbonyl (C=O) groups is 1. The van der Waals surface area contributed by atoms with Gasteiger partial charge in [-0.05, 0) is 34.9 Å². The summed E-state index contributed by atoms with van der Waals surface area (Å²) in [5.41, 5.74) is 4.00. The SMILES string of the molecule is N#C[C@@H]1OC(=O)N2c3ccc(-c4cccnc4)cc3C[C@@H]12. The van der Waals surface area contributed by atoms with Crippen LogP contribution in [0.15, 0.2) is 42.7 Å². The molecule has 2 aliphatic rings. The zero-order valence-corrected chi connectivity index (χ0v) is 11.1. The Bertz CT molecular complexity index is 767. The molecule has 21 heavy (non-hydrogen) atoms. The number of hydrogen-bond donors (Lipinski definition) is 0. The number of cyclic esters (lactones) is 1. The summed E-state index contributed by atoms with van der Waals surface area (Å²) in [5.74, 6) is 0. The number of fused-ring (bicyclic) bond motifs is 3. The number of hydrogen-bond acceptors (Lipinski definition) is 4. The monoisotopic (exact) mass is 277 g/mol. The zero-order valence-electron chi connectivity index (χ0n) is 11.1. The van der Waals surface area contributed by atoms with Crippen molar-refractivity contribution in [2.75, 3.05) is 4.90 Å². The van der Waals surface area contributed by atoms with Gasteiger partial charge >= 0.3 is 6.09 Å². The topological polar surface area (TPSA) is 66.2 Å². The van der Waals surface area contributed by atoms with Crippen molar-refractivity contribution in [2.45, 2.75) is 18.6 Å². The molecule has 5 nitrogen and oxygen atoms in total. The molecule has 1 amide bonds. The first-order valence-electron chi connectivity index (χ1n) is 6.71. The van der Waals surface area contributed by atoms with Gasteiger partial charge in [0.2, 0.25) is 6.10 Å². The molecule has 1 fully saturated rings. The quantitative estimate of drug-likeness (QED) is 0.803. The van der Waals surface area contributed by atoms with Gasteiger partial charge < -0.3 is 4.74 Å². The molecule has 1 aromatic heterocycles. The van der Waals surface area contributed by atoms with Crippen molar-refractivity contribution in [3.05, 3.63) is 48.3 Å². The molecule has 102 valence electrons. The molecule has 1 aromatic carbocycles. The third-order valence-corrected chi connectivity index (χ3v) is 4.00. The van der Waals surface area contributed by atoms with E-state index in [0.29, 0.717) is 6.42 Å². The van der Waals surface area contributed by atoms with Crippen LogP contribution in [-0.2, 0) is 11.2 Å². The molecule has 0 N–H and O–H groups in total. The lowest BCUT2D eigenvalue weighted by atomic mass is 10.0. The molecule has 2 aromatic rings. The molecule has 0 radical (unpaired) electrons. The van der Waals surface area contributed by atoms with Gasteiger partial charge in [0.1, 0.15) is 6.07 Å². The lowest BCUT2D eigenvalue weighted by Crippen LogP contribution is -2.32. The third kappa shape index (κ3) is 1.69. The maximum absolute atomic E-state index is 11.9. The van der Waals surface area contributed by atoms with Gasteiger partial charge in [0.15, 0.2) is 0 Å². The van der Waals surface area contributed by atoms with Crippen LogP contribution in [0.3, 0.4) is 0 Å². The Hall–Kier alpha value is -2.87. The highest BCUT2D eigenvalue weighted by atomic mass is 16.6. The number of anilines is 1. The smallest absolute Gasteiger partial charge is 0.416 e. The Morgan fingerprint density at radius 1 is 1.33 bits per heavy atom. The van der Waals surface area contributed by atoms with Crippen LogP contribution in [0.25, 0.3) is 11.1 Å². The fourth-order valence-electron chi connectivity index (χ4n) is 3.02. The molecule has 0 aliphatic carbocycles. The fraction of sp³-hybridized carbons (Fsp3) is 0.188. The summed E-state index contributed by atoms with van der Waals surface area (Å²) in [5, 5.41) is 9.08. The Labute approximate surface area is 121 Å². The summed E-state index contributed by atoms with van der Waals surface area (Å²) >= 11 is 0. The second-order valence-electron chi connectivity index (χ2n) is 5.16. The molecule has 5 heteroatoms. The Morgan fingerprint density at radius 2 is 2.24 bits per heavy atom. The summed E-state index contributed by atoms with van der Waals surface area (Å²) < 4.78 is 5.07. The second kappa shape index (κ2) is 4.32. The van der Waals surface area contributed by atoms with Crippen molar-refractivity contribution in [2.24, 2.45) is 0 Å². The number of nitriles is 1. The van der Waals surface area contributed by atoms with Crippen molar-refractivity contribution >= 4 is 11.8 Å². The number of amides is 1. The number of nitrogens with zero attached hydrogens (tertiary/aromatic N) is 3. The van der Waals surface area contributed by atoms with Crippen LogP contribution in [0.4, 0.5) is 10.5 Å². The number of ether oxygens (including phenoxy) is 1. The summed E-state index contributed by atoms with van der Waals surface area (Å²) in [4.78, 5) is 17.6. The van der Waals surface area contributed by atoms with Gasteiger partial charge in [-0.1, -0.05) is 12.1 Å². The number of rotatable bonds is 1. The van der Waals surface area contributed by atoms with Crippen molar-refractivity contribution in [1.29, 1.82) is 5.26 Å². The number of aromatic nitrogens is 1. The molecule has 4 rings (SSSR count). The van der Waals surface area contributed by atoms with Gasteiger partial charge in [-0.15, -0.1) is 0 Å². The molecule has 0 unspecified atom stereocenters. The van der Waals surface area contributed by atoms with E-state index in [-0.39, 0.29) is 6.04 Å². The van der Waals surface area contributed by atoms with Gasteiger partial charge in [-0.25, -0.2) is 4.79 Å². The molecule has 2 atom stereocenters. The van der Waals surface area contributed by atoms with E-state index >= 15 is 0 Å². The van der Waals surface area contributed by atoms with E-state index in [1.165, 1.54) is 0 Å². The predicted molar refractivity (Wildman–Crippen MR) is 75.5 cm³/mol. The van der Waals surface area contributed by atoms with Crippen LogP contribution >= 0.6 is 0 Å². The average Bonchev–Trinajstić information content (AvgIpc) is 3.05. The summed E-state index contributed by atoms with van der Waals surface area (Å²) in [6, 6.07) is 11.7. The first kappa shape index (κ1) is 11.9. The molecular formula is C16H11N3O2. The standard InChI is InChI=1S/C16H11N3O2/c17-8-15-14-7-12-6-10(11-2-1-5-18-9-11)3-4-13(12)19(14)16(20)21-15/h1-6,9,14-15H,7H2/t14-,15-/m0/s1. The van der Waals surface area contributed by atoms with Crippen LogP contribution in [0.5, 0.6) is 0 Å². The largest absolute Gasteiger partial charge is 0.428 e. The normalized spacial score (nSPS) is 22.4. The first-order chi connectivity index (χ1) is 10.3. The molecular weight excluding hydrogens is 266 g/mol. The Kier molecular flexibility index (Phi) is 2.45. The molecule has 1 saturated heterocycles. The van der Waals surface area contributed by atoms with E-state index < -0.39 is 12.2 Å². The van der Waals surface area contributed by atoms with Gasteiger partial charge in [0.25, 0.3) is 0 Å². The van der Waals surface area contributed by atoms with E-state index in [2.05, 4.69) is 17.1 Å². The lowest BCUT2D eigenvalue weighted by Gasteiger charge is -2.13. The van der Waals surface area contributed by atoms with Gasteiger partial charge in [-0.3, -0.25) is 9.88 Å². The minimum absolute atomic E-state index is 0.207. The highest BCUT2D eigenvalue weighted by Crippen LogP contribution is 2.40. The van der Waals surface area contributed by atoms with Crippen molar-refractivity contribution in [3.8, 4) is 17.2 Å². The second-order valence-corrected chi connectivity index (χ2v) is 5.16. The van der Waals surface area contributed by atoms with Gasteiger partial charge in [0.05, 0.1) is 11.7 Å². The minimum atomic E-state index is -0.688. The Morgan fingerprint density at radius 3 is 3.00 bits per heavy atom. The number of carbonyl (C=O) groups excluding carboxylic acids is 1. The first-order valence-corrected chi connectivity index (χ1v) is 6.71. The van der Waals surface area contributed by atoms with Crippen molar-refractivity contribution in [3.63, 3.8) is 0 Å². The summed E-state index contributed by atoms with van der Waals surface area (Å²) in [6.45, 7) is 0. The van der Waals surface area contributed by atoms with E-state index in [4.69, 9.17) is 10.00 Å². The highest BCUT2D eigenvalue weighted by Gasteiger charge is 2.47. The van der Waals surface area contributed by atoms with Gasteiger partial charge in [0, 0.05) is 18.8 Å². The summed E-state index contributed by atoms with van der Waals surface area (Å²) in [6.07, 6.45) is 3.07. The molecule has 0 bridgehead atoms. The minimum Gasteiger partial charge on any atom is -0.428 e. The lowest BCUT2D eigenvalue weighted by molar-refractivity contribution is 0.156. The molecule has 2 aliphatic heterocycles. The maximum Gasteiger partial charge on any atom is 0.416 e. The third-order valence-electron chi connectivity index (χ3n) is 4.00. The van der Waals surface area contributed by atoms with E-state index in [1.807, 2.05) is 30.5 Å². The van der Waals surface area contributed by atoms with Crippen LogP contribution in [-0.4, -0.2) is 23.2 Å². The van der Waals surface area contributed by atoms with Crippen LogP contribution < -0.4 is 4.90 Å². The van der Waals surface area contributed by atoms with E-state index in [9.17, 15) is 4.79 Å². The maximum atomic E-state index is 11.9. The van der Waals surface area contributed by atoms with Gasteiger partial charge in [-0.2, -0.15) is 5.26 Å². The highest BCUT2D eigenvalue weighted by molar-refractivity contribution is 5.94. The fourth-order valence-corrected chi connectivity index (χ4v) is 3.02. The van der Waals surface area contributed by atoms with Crippen molar-refractivity contribution in [1.82, 2.24) is 4.98 Å². The molecule has 0 spiro atoms. The predicted octanol–water partition coefficient (Wildman–Crippen LogP) is 2.52. The van der Waals surface area contributed by atoms with Crippen molar-refractivity contribution < 1.29 is 9.53 Å².